The molecule has 20 heavy (non-hydrogen) atoms. The van der Waals surface area contributed by atoms with Crippen LogP contribution >= 0.6 is 0 Å². The predicted molar refractivity (Wildman–Crippen MR) is 70.9 cm³/mol. The lowest BCUT2D eigenvalue weighted by Crippen LogP contribution is -2.29. The minimum atomic E-state index is -0.639. The molecule has 2 fully saturated rings. The minimum Gasteiger partial charge on any atom is -0.481 e. The van der Waals surface area contributed by atoms with Crippen LogP contribution in [0.3, 0.4) is 0 Å². The summed E-state index contributed by atoms with van der Waals surface area (Å²) in [5.41, 5.74) is 0. The Kier molecular flexibility index (Phi) is 3.95. The van der Waals surface area contributed by atoms with Crippen molar-refractivity contribution in [1.29, 1.82) is 0 Å². The highest BCUT2D eigenvalue weighted by atomic mass is 16.4. The maximum absolute atomic E-state index is 10.9. The Morgan fingerprint density at radius 3 is 2.65 bits per heavy atom. The number of aliphatic carboxylic acids is 1. The van der Waals surface area contributed by atoms with Gasteiger partial charge in [-0.25, -0.2) is 4.68 Å². The molecule has 0 bridgehead atoms. The highest BCUT2D eigenvalue weighted by molar-refractivity contribution is 5.69. The maximum atomic E-state index is 10.9. The van der Waals surface area contributed by atoms with Gasteiger partial charge in [-0.2, -0.15) is 0 Å². The molecule has 0 aromatic carbocycles. The molecular weight excluding hydrogens is 258 g/mol. The first kappa shape index (κ1) is 13.5. The molecule has 2 N–H and O–H groups in total. The lowest BCUT2D eigenvalue weighted by Gasteiger charge is -2.26. The highest BCUT2D eigenvalue weighted by Gasteiger charge is 2.28. The Morgan fingerprint density at radius 2 is 2.00 bits per heavy atom. The molecule has 110 valence electrons. The Hall–Kier alpha value is -1.50. The van der Waals surface area contributed by atoms with Crippen LogP contribution in [0, 0.1) is 11.8 Å². The van der Waals surface area contributed by atoms with E-state index in [-0.39, 0.29) is 5.92 Å². The van der Waals surface area contributed by atoms with Gasteiger partial charge in [-0.05, 0) is 61.4 Å². The van der Waals surface area contributed by atoms with Crippen LogP contribution in [0.4, 0.5) is 0 Å². The average molecular weight is 279 g/mol. The summed E-state index contributed by atoms with van der Waals surface area (Å²) in [6, 6.07) is 0.507. The van der Waals surface area contributed by atoms with Gasteiger partial charge in [0.2, 0.25) is 0 Å². The Labute approximate surface area is 117 Å². The molecule has 3 rings (SSSR count). The average Bonchev–Trinajstić information content (AvgIpc) is 3.19. The second-order valence-electron chi connectivity index (χ2n) is 5.96. The zero-order valence-electron chi connectivity index (χ0n) is 11.5. The summed E-state index contributed by atoms with van der Waals surface area (Å²) in [4.78, 5) is 10.9. The second-order valence-corrected chi connectivity index (χ2v) is 5.96. The number of carboxylic acid groups (broad SMARTS) is 1. The quantitative estimate of drug-likeness (QED) is 0.806. The van der Waals surface area contributed by atoms with Crippen molar-refractivity contribution in [2.45, 2.75) is 51.1 Å². The second kappa shape index (κ2) is 5.87. The fourth-order valence-corrected chi connectivity index (χ4v) is 2.93. The zero-order chi connectivity index (χ0) is 13.9. The van der Waals surface area contributed by atoms with Crippen LogP contribution < -0.4 is 5.32 Å². The van der Waals surface area contributed by atoms with Gasteiger partial charge < -0.3 is 10.4 Å². The molecule has 2 aliphatic rings. The van der Waals surface area contributed by atoms with Gasteiger partial charge in [0.25, 0.3) is 0 Å². The summed E-state index contributed by atoms with van der Waals surface area (Å²) in [6.45, 7) is 1.62. The van der Waals surface area contributed by atoms with Gasteiger partial charge in [0, 0.05) is 0 Å². The largest absolute Gasteiger partial charge is 0.481 e. The van der Waals surface area contributed by atoms with Crippen LogP contribution in [0.5, 0.6) is 0 Å². The zero-order valence-corrected chi connectivity index (χ0v) is 11.5. The van der Waals surface area contributed by atoms with Crippen molar-refractivity contribution in [2.24, 2.45) is 11.8 Å². The number of rotatable bonds is 6. The summed E-state index contributed by atoms with van der Waals surface area (Å²) >= 11 is 0. The molecule has 0 aliphatic heterocycles. The third-order valence-electron chi connectivity index (χ3n) is 4.37. The molecule has 0 spiro atoms. The number of hydrogen-bond donors (Lipinski definition) is 2. The Balaban J connectivity index is 1.40. The lowest BCUT2D eigenvalue weighted by atomic mass is 9.82. The van der Waals surface area contributed by atoms with Crippen molar-refractivity contribution in [3.05, 3.63) is 5.82 Å². The highest BCUT2D eigenvalue weighted by Crippen LogP contribution is 2.34. The van der Waals surface area contributed by atoms with Crippen LogP contribution in [0.1, 0.15) is 50.4 Å². The molecule has 1 aromatic heterocycles. The molecule has 7 nitrogen and oxygen atoms in total. The van der Waals surface area contributed by atoms with E-state index in [9.17, 15) is 4.79 Å². The topological polar surface area (TPSA) is 92.9 Å². The first-order valence-corrected chi connectivity index (χ1v) is 7.44. The normalized spacial score (nSPS) is 26.6. The van der Waals surface area contributed by atoms with Crippen molar-refractivity contribution >= 4 is 5.97 Å². The first-order chi connectivity index (χ1) is 9.74. The van der Waals surface area contributed by atoms with Crippen LogP contribution in [0.2, 0.25) is 0 Å². The third-order valence-corrected chi connectivity index (χ3v) is 4.37. The standard InChI is InChI=1S/C13H21N5O2/c19-13(20)10-3-1-9(2-4-10)7-14-8-12-15-16-17-18(12)11-5-6-11/h9-11,14H,1-8H2,(H,19,20). The summed E-state index contributed by atoms with van der Waals surface area (Å²) in [5, 5.41) is 24.2. The summed E-state index contributed by atoms with van der Waals surface area (Å²) in [7, 11) is 0. The SMILES string of the molecule is O=C(O)C1CCC(CNCc2nnnn2C2CC2)CC1. The number of nitrogens with one attached hydrogen (secondary N) is 1. The molecule has 1 heterocycles. The first-order valence-electron chi connectivity index (χ1n) is 7.44. The van der Waals surface area contributed by atoms with Gasteiger partial charge in [-0.15, -0.1) is 5.10 Å². The number of hydrogen-bond acceptors (Lipinski definition) is 5. The molecule has 0 saturated heterocycles. The van der Waals surface area contributed by atoms with E-state index in [0.29, 0.717) is 18.5 Å². The maximum Gasteiger partial charge on any atom is 0.306 e. The van der Waals surface area contributed by atoms with E-state index in [1.165, 1.54) is 12.8 Å². The van der Waals surface area contributed by atoms with E-state index < -0.39 is 5.97 Å². The molecule has 0 amide bonds. The Bertz CT molecular complexity index is 463. The van der Waals surface area contributed by atoms with Crippen molar-refractivity contribution < 1.29 is 9.90 Å². The molecule has 0 atom stereocenters. The number of carboxylic acids is 1. The number of aromatic nitrogens is 4. The van der Waals surface area contributed by atoms with Gasteiger partial charge in [0.1, 0.15) is 0 Å². The Morgan fingerprint density at radius 1 is 1.25 bits per heavy atom. The van der Waals surface area contributed by atoms with Crippen molar-refractivity contribution in [2.75, 3.05) is 6.54 Å². The van der Waals surface area contributed by atoms with E-state index >= 15 is 0 Å². The summed E-state index contributed by atoms with van der Waals surface area (Å²) < 4.78 is 1.92. The van der Waals surface area contributed by atoms with Crippen molar-refractivity contribution in [3.8, 4) is 0 Å². The molecule has 7 heteroatoms. The fraction of sp³-hybridized carbons (Fsp3) is 0.846. The lowest BCUT2D eigenvalue weighted by molar-refractivity contribution is -0.143. The monoisotopic (exact) mass is 279 g/mol. The molecule has 1 aromatic rings. The van der Waals surface area contributed by atoms with E-state index in [1.54, 1.807) is 0 Å². The van der Waals surface area contributed by atoms with Gasteiger partial charge >= 0.3 is 5.97 Å². The number of carbonyl (C=O) groups is 1. The van der Waals surface area contributed by atoms with Crippen molar-refractivity contribution in [1.82, 2.24) is 25.5 Å². The molecule has 0 unspecified atom stereocenters. The van der Waals surface area contributed by atoms with E-state index in [0.717, 1.165) is 38.1 Å². The smallest absolute Gasteiger partial charge is 0.306 e. The molecule has 0 radical (unpaired) electrons. The van der Waals surface area contributed by atoms with E-state index in [4.69, 9.17) is 5.11 Å². The third kappa shape index (κ3) is 3.15. The number of tetrazole rings is 1. The fourth-order valence-electron chi connectivity index (χ4n) is 2.93. The molecule has 2 saturated carbocycles. The van der Waals surface area contributed by atoms with Crippen LogP contribution in [-0.4, -0.2) is 37.8 Å². The number of nitrogens with zero attached hydrogens (tertiary/aromatic N) is 4. The van der Waals surface area contributed by atoms with E-state index in [2.05, 4.69) is 20.8 Å². The van der Waals surface area contributed by atoms with Crippen LogP contribution in [-0.2, 0) is 11.3 Å². The van der Waals surface area contributed by atoms with Gasteiger partial charge in [0.05, 0.1) is 18.5 Å². The summed E-state index contributed by atoms with van der Waals surface area (Å²) in [5.74, 6) is 0.719. The van der Waals surface area contributed by atoms with Crippen molar-refractivity contribution in [3.63, 3.8) is 0 Å². The molecular formula is C13H21N5O2. The van der Waals surface area contributed by atoms with Crippen LogP contribution in [0.15, 0.2) is 0 Å². The van der Waals surface area contributed by atoms with Crippen LogP contribution in [0.25, 0.3) is 0 Å². The molecule has 2 aliphatic carbocycles. The predicted octanol–water partition coefficient (Wildman–Crippen LogP) is 0.989. The van der Waals surface area contributed by atoms with Gasteiger partial charge in [0.15, 0.2) is 5.82 Å². The van der Waals surface area contributed by atoms with Gasteiger partial charge in [-0.3, -0.25) is 4.79 Å². The van der Waals surface area contributed by atoms with Gasteiger partial charge in [-0.1, -0.05) is 0 Å². The summed E-state index contributed by atoms with van der Waals surface area (Å²) in [6.07, 6.45) is 5.96. The van der Waals surface area contributed by atoms with E-state index in [1.807, 2.05) is 4.68 Å². The minimum absolute atomic E-state index is 0.131.